The standard InChI is InChI=1S/C20H20F3N5O5/c21-20(22,23)14-5-6-17(18(13-14)28(32)33)26-11-9-25(10-12-26)8-7-19(29)24-15-3-1-2-4-16(15)27(30)31/h1-6,13H,7-12H2,(H,24,29). The summed E-state index contributed by atoms with van der Waals surface area (Å²) in [4.78, 5) is 36.7. The van der Waals surface area contributed by atoms with Gasteiger partial charge in [0.05, 0.1) is 15.4 Å². The largest absolute Gasteiger partial charge is 0.416 e. The molecular formula is C20H20F3N5O5. The van der Waals surface area contributed by atoms with Crippen molar-refractivity contribution in [2.24, 2.45) is 0 Å². The minimum Gasteiger partial charge on any atom is -0.363 e. The summed E-state index contributed by atoms with van der Waals surface area (Å²) in [6.45, 7) is 1.90. The smallest absolute Gasteiger partial charge is 0.363 e. The fraction of sp³-hybridized carbons (Fsp3) is 0.350. The topological polar surface area (TPSA) is 122 Å². The van der Waals surface area contributed by atoms with Crippen molar-refractivity contribution >= 4 is 28.7 Å². The van der Waals surface area contributed by atoms with Crippen LogP contribution in [0.4, 0.5) is 35.9 Å². The molecule has 0 radical (unpaired) electrons. The van der Waals surface area contributed by atoms with Crippen molar-refractivity contribution in [3.05, 3.63) is 68.3 Å². The van der Waals surface area contributed by atoms with Crippen LogP contribution < -0.4 is 10.2 Å². The summed E-state index contributed by atoms with van der Waals surface area (Å²) in [5.74, 6) is -0.398. The number of halogens is 3. The van der Waals surface area contributed by atoms with Crippen LogP contribution in [0.5, 0.6) is 0 Å². The summed E-state index contributed by atoms with van der Waals surface area (Å²) in [6, 6.07) is 8.25. The van der Waals surface area contributed by atoms with Crippen LogP contribution in [0, 0.1) is 20.2 Å². The number of hydrogen-bond acceptors (Lipinski definition) is 7. The lowest BCUT2D eigenvalue weighted by atomic mass is 10.1. The first-order valence-electron chi connectivity index (χ1n) is 9.92. The molecule has 1 aliphatic rings. The van der Waals surface area contributed by atoms with Gasteiger partial charge < -0.3 is 10.2 Å². The van der Waals surface area contributed by atoms with Gasteiger partial charge in [0, 0.05) is 51.3 Å². The van der Waals surface area contributed by atoms with Crippen LogP contribution in [-0.2, 0) is 11.0 Å². The Morgan fingerprint density at radius 3 is 2.21 bits per heavy atom. The van der Waals surface area contributed by atoms with Crippen molar-refractivity contribution in [3.8, 4) is 0 Å². The Kier molecular flexibility index (Phi) is 7.11. The SMILES string of the molecule is O=C(CCN1CCN(c2ccc(C(F)(F)F)cc2[N+](=O)[O-])CC1)Nc1ccccc1[N+](=O)[O-]. The van der Waals surface area contributed by atoms with Crippen molar-refractivity contribution in [1.29, 1.82) is 0 Å². The van der Waals surface area contributed by atoms with Crippen molar-refractivity contribution in [2.75, 3.05) is 42.9 Å². The number of carbonyl (C=O) groups excluding carboxylic acids is 1. The van der Waals surface area contributed by atoms with Gasteiger partial charge in [-0.15, -0.1) is 0 Å². The number of nitro benzene ring substituents is 2. The molecule has 176 valence electrons. The summed E-state index contributed by atoms with van der Waals surface area (Å²) in [7, 11) is 0. The molecule has 0 aromatic heterocycles. The molecule has 0 aliphatic carbocycles. The van der Waals surface area contributed by atoms with E-state index in [-0.39, 0.29) is 23.5 Å². The molecule has 0 spiro atoms. The third-order valence-corrected chi connectivity index (χ3v) is 5.24. The number of nitrogens with one attached hydrogen (secondary N) is 1. The molecule has 1 fully saturated rings. The van der Waals surface area contributed by atoms with Gasteiger partial charge in [-0.1, -0.05) is 12.1 Å². The highest BCUT2D eigenvalue weighted by Crippen LogP contribution is 2.36. The molecule has 10 nitrogen and oxygen atoms in total. The Labute approximate surface area is 185 Å². The van der Waals surface area contributed by atoms with Crippen molar-refractivity contribution in [1.82, 2.24) is 4.90 Å². The maximum Gasteiger partial charge on any atom is 0.416 e. The van der Waals surface area contributed by atoms with Crippen LogP contribution in [0.15, 0.2) is 42.5 Å². The monoisotopic (exact) mass is 467 g/mol. The summed E-state index contributed by atoms with van der Waals surface area (Å²) in [6.07, 6.45) is -4.60. The number of nitrogens with zero attached hydrogens (tertiary/aromatic N) is 4. The zero-order valence-corrected chi connectivity index (χ0v) is 17.2. The fourth-order valence-electron chi connectivity index (χ4n) is 3.54. The quantitative estimate of drug-likeness (QED) is 0.487. The van der Waals surface area contributed by atoms with Gasteiger partial charge in [-0.25, -0.2) is 0 Å². The zero-order chi connectivity index (χ0) is 24.2. The summed E-state index contributed by atoms with van der Waals surface area (Å²) in [5.41, 5.74) is -1.69. The normalized spacial score (nSPS) is 14.7. The highest BCUT2D eigenvalue weighted by molar-refractivity contribution is 5.93. The number of nitro groups is 2. The van der Waals surface area contributed by atoms with E-state index in [9.17, 15) is 38.2 Å². The van der Waals surface area contributed by atoms with Crippen LogP contribution in [-0.4, -0.2) is 53.4 Å². The fourth-order valence-corrected chi connectivity index (χ4v) is 3.54. The number of alkyl halides is 3. The molecular weight excluding hydrogens is 447 g/mol. The molecule has 1 saturated heterocycles. The highest BCUT2D eigenvalue weighted by Gasteiger charge is 2.34. The predicted molar refractivity (Wildman–Crippen MR) is 113 cm³/mol. The molecule has 1 N–H and O–H groups in total. The highest BCUT2D eigenvalue weighted by atomic mass is 19.4. The van der Waals surface area contributed by atoms with E-state index in [4.69, 9.17) is 0 Å². The van der Waals surface area contributed by atoms with Gasteiger partial charge in [-0.2, -0.15) is 13.2 Å². The minimum atomic E-state index is -4.68. The number of anilines is 2. The van der Waals surface area contributed by atoms with E-state index in [1.54, 1.807) is 11.0 Å². The molecule has 0 saturated carbocycles. The second kappa shape index (κ2) is 9.81. The van der Waals surface area contributed by atoms with Gasteiger partial charge in [0.25, 0.3) is 11.4 Å². The van der Waals surface area contributed by atoms with Crippen LogP contribution in [0.25, 0.3) is 0 Å². The average molecular weight is 467 g/mol. The van der Waals surface area contributed by atoms with Crippen molar-refractivity contribution in [3.63, 3.8) is 0 Å². The summed E-state index contributed by atoms with van der Waals surface area (Å²) in [5, 5.41) is 24.9. The third kappa shape index (κ3) is 5.94. The van der Waals surface area contributed by atoms with Gasteiger partial charge >= 0.3 is 6.18 Å². The van der Waals surface area contributed by atoms with Crippen LogP contribution in [0.3, 0.4) is 0 Å². The van der Waals surface area contributed by atoms with Gasteiger partial charge in [0.2, 0.25) is 5.91 Å². The van der Waals surface area contributed by atoms with E-state index >= 15 is 0 Å². The molecule has 1 amide bonds. The molecule has 0 atom stereocenters. The van der Waals surface area contributed by atoms with Gasteiger partial charge in [-0.05, 0) is 18.2 Å². The van der Waals surface area contributed by atoms with Gasteiger partial charge in [0.15, 0.2) is 0 Å². The minimum absolute atomic E-state index is 0.0759. The lowest BCUT2D eigenvalue weighted by Gasteiger charge is -2.35. The molecule has 1 heterocycles. The number of para-hydroxylation sites is 2. The Balaban J connectivity index is 1.56. The van der Waals surface area contributed by atoms with E-state index in [1.807, 2.05) is 4.90 Å². The zero-order valence-electron chi connectivity index (χ0n) is 17.2. The van der Waals surface area contributed by atoms with E-state index in [0.717, 1.165) is 12.1 Å². The maximum absolute atomic E-state index is 12.9. The van der Waals surface area contributed by atoms with Crippen molar-refractivity contribution in [2.45, 2.75) is 12.6 Å². The second-order valence-corrected chi connectivity index (χ2v) is 7.36. The first kappa shape index (κ1) is 23.9. The van der Waals surface area contributed by atoms with Crippen LogP contribution in [0.2, 0.25) is 0 Å². The molecule has 33 heavy (non-hydrogen) atoms. The van der Waals surface area contributed by atoms with Crippen LogP contribution >= 0.6 is 0 Å². The number of amides is 1. The number of piperazine rings is 1. The number of benzene rings is 2. The Hall–Kier alpha value is -3.74. The van der Waals surface area contributed by atoms with Gasteiger partial charge in [0.1, 0.15) is 11.4 Å². The van der Waals surface area contributed by atoms with E-state index in [2.05, 4.69) is 5.32 Å². The lowest BCUT2D eigenvalue weighted by Crippen LogP contribution is -2.47. The molecule has 2 aromatic rings. The first-order valence-corrected chi connectivity index (χ1v) is 9.92. The molecule has 3 rings (SSSR count). The van der Waals surface area contributed by atoms with Crippen LogP contribution in [0.1, 0.15) is 12.0 Å². The van der Waals surface area contributed by atoms with E-state index in [1.165, 1.54) is 18.2 Å². The number of carbonyl (C=O) groups is 1. The van der Waals surface area contributed by atoms with Gasteiger partial charge in [-0.3, -0.25) is 29.9 Å². The molecule has 0 unspecified atom stereocenters. The molecule has 0 bridgehead atoms. The number of hydrogen-bond donors (Lipinski definition) is 1. The summed E-state index contributed by atoms with van der Waals surface area (Å²) < 4.78 is 38.7. The Bertz CT molecular complexity index is 1050. The average Bonchev–Trinajstić information content (AvgIpc) is 2.77. The predicted octanol–water partition coefficient (Wildman–Crippen LogP) is 3.67. The summed E-state index contributed by atoms with van der Waals surface area (Å²) >= 11 is 0. The first-order chi connectivity index (χ1) is 15.6. The van der Waals surface area contributed by atoms with Crippen molar-refractivity contribution < 1.29 is 27.8 Å². The third-order valence-electron chi connectivity index (χ3n) is 5.24. The maximum atomic E-state index is 12.9. The van der Waals surface area contributed by atoms with E-state index in [0.29, 0.717) is 38.8 Å². The molecule has 2 aromatic carbocycles. The molecule has 1 aliphatic heterocycles. The number of rotatable bonds is 7. The van der Waals surface area contributed by atoms with E-state index < -0.39 is 33.2 Å². The lowest BCUT2D eigenvalue weighted by molar-refractivity contribution is -0.384. The Morgan fingerprint density at radius 1 is 0.970 bits per heavy atom. The second-order valence-electron chi connectivity index (χ2n) is 7.36. The Morgan fingerprint density at radius 2 is 1.61 bits per heavy atom. The molecule has 13 heteroatoms.